The first-order chi connectivity index (χ1) is 7.34. The van der Waals surface area contributed by atoms with Crippen LogP contribution in [0.3, 0.4) is 0 Å². The molecule has 0 N–H and O–H groups in total. The zero-order valence-corrected chi connectivity index (χ0v) is 9.79. The fourth-order valence-corrected chi connectivity index (χ4v) is 1.20. The number of pyridine rings is 1. The third kappa shape index (κ3) is 3.42. The third-order valence-corrected chi connectivity index (χ3v) is 2.02. The number of hydrogen-bond donors (Lipinski definition) is 0. The van der Waals surface area contributed by atoms with E-state index in [4.69, 9.17) is 0 Å². The minimum absolute atomic E-state index is 0. The maximum absolute atomic E-state index is 4.22. The highest BCUT2D eigenvalue weighted by molar-refractivity contribution is 5.85. The van der Waals surface area contributed by atoms with Crippen molar-refractivity contribution >= 4 is 12.4 Å². The van der Waals surface area contributed by atoms with Crippen LogP contribution in [0, 0.1) is 18.8 Å². The lowest BCUT2D eigenvalue weighted by Gasteiger charge is -1.91. The first-order valence-corrected chi connectivity index (χ1v) is 4.84. The molecule has 1 aromatic heterocycles. The quantitative estimate of drug-likeness (QED) is 0.633. The van der Waals surface area contributed by atoms with E-state index in [-0.39, 0.29) is 12.4 Å². The van der Waals surface area contributed by atoms with Crippen LogP contribution in [0.4, 0.5) is 0 Å². The van der Waals surface area contributed by atoms with Gasteiger partial charge in [0.15, 0.2) is 0 Å². The smallest absolute Gasteiger partial charge is 0.113 e. The van der Waals surface area contributed by atoms with Crippen LogP contribution in [0.25, 0.3) is 0 Å². The Morgan fingerprint density at radius 3 is 2.31 bits per heavy atom. The molecule has 0 saturated carbocycles. The molecule has 1 aromatic carbocycles. The van der Waals surface area contributed by atoms with Crippen LogP contribution in [-0.4, -0.2) is 4.98 Å². The summed E-state index contributed by atoms with van der Waals surface area (Å²) in [6.07, 6.45) is 1.83. The first kappa shape index (κ1) is 12.3. The van der Waals surface area contributed by atoms with E-state index in [9.17, 15) is 0 Å². The molecule has 0 fully saturated rings. The van der Waals surface area contributed by atoms with Gasteiger partial charge in [0.2, 0.25) is 0 Å². The van der Waals surface area contributed by atoms with Gasteiger partial charge in [-0.1, -0.05) is 30.2 Å². The molecule has 1 nitrogen and oxygen atoms in total. The SMILES string of the molecule is Cc1ccc(C#Cc2ccccc2)nc1.Cl. The number of hydrogen-bond acceptors (Lipinski definition) is 1. The van der Waals surface area contributed by atoms with Crippen LogP contribution in [-0.2, 0) is 0 Å². The lowest BCUT2D eigenvalue weighted by molar-refractivity contribution is 1.24. The molecule has 1 heterocycles. The maximum atomic E-state index is 4.22. The van der Waals surface area contributed by atoms with Crippen molar-refractivity contribution in [3.05, 3.63) is 65.5 Å². The Labute approximate surface area is 102 Å². The number of rotatable bonds is 0. The van der Waals surface area contributed by atoms with E-state index < -0.39 is 0 Å². The number of aryl methyl sites for hydroxylation is 1. The van der Waals surface area contributed by atoms with Crippen molar-refractivity contribution in [3.8, 4) is 11.8 Å². The van der Waals surface area contributed by atoms with Crippen molar-refractivity contribution in [1.82, 2.24) is 4.98 Å². The summed E-state index contributed by atoms with van der Waals surface area (Å²) < 4.78 is 0. The van der Waals surface area contributed by atoms with Crippen molar-refractivity contribution in [3.63, 3.8) is 0 Å². The molecule has 0 aliphatic heterocycles. The summed E-state index contributed by atoms with van der Waals surface area (Å²) >= 11 is 0. The van der Waals surface area contributed by atoms with Gasteiger partial charge in [0, 0.05) is 11.8 Å². The zero-order chi connectivity index (χ0) is 10.5. The van der Waals surface area contributed by atoms with Crippen LogP contribution in [0.5, 0.6) is 0 Å². The van der Waals surface area contributed by atoms with Crippen LogP contribution < -0.4 is 0 Å². The molecule has 2 aromatic rings. The molecule has 0 radical (unpaired) electrons. The number of halogens is 1. The van der Waals surface area contributed by atoms with Crippen LogP contribution in [0.1, 0.15) is 16.8 Å². The van der Waals surface area contributed by atoms with E-state index in [1.54, 1.807) is 0 Å². The van der Waals surface area contributed by atoms with Crippen molar-refractivity contribution < 1.29 is 0 Å². The molecule has 0 saturated heterocycles. The molecular weight excluding hydrogens is 218 g/mol. The summed E-state index contributed by atoms with van der Waals surface area (Å²) in [6, 6.07) is 13.9. The molecule has 0 atom stereocenters. The van der Waals surface area contributed by atoms with Gasteiger partial charge >= 0.3 is 0 Å². The highest BCUT2D eigenvalue weighted by Crippen LogP contribution is 1.98. The molecular formula is C14H12ClN. The Bertz CT molecular complexity index is 492. The van der Waals surface area contributed by atoms with Gasteiger partial charge in [-0.15, -0.1) is 12.4 Å². The predicted octanol–water partition coefficient (Wildman–Crippen LogP) is 3.21. The molecule has 0 amide bonds. The van der Waals surface area contributed by atoms with E-state index in [0.717, 1.165) is 16.8 Å². The third-order valence-electron chi connectivity index (χ3n) is 2.02. The molecule has 0 spiro atoms. The Morgan fingerprint density at radius 2 is 1.69 bits per heavy atom. The van der Waals surface area contributed by atoms with Crippen LogP contribution >= 0.6 is 12.4 Å². The number of aromatic nitrogens is 1. The fraction of sp³-hybridized carbons (Fsp3) is 0.0714. The Balaban J connectivity index is 0.00000128. The van der Waals surface area contributed by atoms with Gasteiger partial charge in [0.25, 0.3) is 0 Å². The maximum Gasteiger partial charge on any atom is 0.113 e. The van der Waals surface area contributed by atoms with Gasteiger partial charge in [0.05, 0.1) is 0 Å². The molecule has 80 valence electrons. The van der Waals surface area contributed by atoms with Crippen LogP contribution in [0.2, 0.25) is 0 Å². The van der Waals surface area contributed by atoms with Crippen molar-refractivity contribution in [2.45, 2.75) is 6.92 Å². The van der Waals surface area contributed by atoms with Gasteiger partial charge in [0.1, 0.15) is 5.69 Å². The average molecular weight is 230 g/mol. The minimum Gasteiger partial charge on any atom is -0.248 e. The summed E-state index contributed by atoms with van der Waals surface area (Å²) in [6.45, 7) is 2.02. The van der Waals surface area contributed by atoms with Crippen molar-refractivity contribution in [2.75, 3.05) is 0 Å². The fourth-order valence-electron chi connectivity index (χ4n) is 1.20. The van der Waals surface area contributed by atoms with E-state index in [1.807, 2.05) is 55.6 Å². The normalized spacial score (nSPS) is 8.56. The van der Waals surface area contributed by atoms with Crippen LogP contribution in [0.15, 0.2) is 48.7 Å². The van der Waals surface area contributed by atoms with Gasteiger partial charge in [-0.3, -0.25) is 0 Å². The van der Waals surface area contributed by atoms with Gasteiger partial charge < -0.3 is 0 Å². The standard InChI is InChI=1S/C14H11N.ClH/c1-12-7-9-14(15-11-12)10-8-13-5-3-2-4-6-13;/h2-7,9,11H,1H3;1H. The Kier molecular flexibility index (Phi) is 4.57. The Hall–Kier alpha value is -1.78. The lowest BCUT2D eigenvalue weighted by atomic mass is 10.2. The summed E-state index contributed by atoms with van der Waals surface area (Å²) in [4.78, 5) is 4.22. The van der Waals surface area contributed by atoms with Gasteiger partial charge in [-0.05, 0) is 36.6 Å². The molecule has 0 bridgehead atoms. The average Bonchev–Trinajstić information content (AvgIpc) is 2.30. The molecule has 0 unspecified atom stereocenters. The second-order valence-electron chi connectivity index (χ2n) is 3.34. The summed E-state index contributed by atoms with van der Waals surface area (Å²) in [5, 5.41) is 0. The summed E-state index contributed by atoms with van der Waals surface area (Å²) in [5.41, 5.74) is 2.98. The number of benzene rings is 1. The first-order valence-electron chi connectivity index (χ1n) is 4.84. The molecule has 0 aliphatic rings. The second kappa shape index (κ2) is 5.95. The van der Waals surface area contributed by atoms with E-state index in [2.05, 4.69) is 16.8 Å². The molecule has 2 heteroatoms. The molecule has 0 aliphatic carbocycles. The topological polar surface area (TPSA) is 12.9 Å². The highest BCUT2D eigenvalue weighted by atomic mass is 35.5. The van der Waals surface area contributed by atoms with Crippen molar-refractivity contribution in [1.29, 1.82) is 0 Å². The van der Waals surface area contributed by atoms with Gasteiger partial charge in [-0.2, -0.15) is 0 Å². The Morgan fingerprint density at radius 1 is 0.938 bits per heavy atom. The predicted molar refractivity (Wildman–Crippen MR) is 68.6 cm³/mol. The number of nitrogens with zero attached hydrogens (tertiary/aromatic N) is 1. The van der Waals surface area contributed by atoms with E-state index in [0.29, 0.717) is 0 Å². The van der Waals surface area contributed by atoms with Crippen molar-refractivity contribution in [2.24, 2.45) is 0 Å². The minimum atomic E-state index is 0. The molecule has 2 rings (SSSR count). The zero-order valence-electron chi connectivity index (χ0n) is 8.97. The summed E-state index contributed by atoms with van der Waals surface area (Å²) in [5.74, 6) is 6.09. The lowest BCUT2D eigenvalue weighted by Crippen LogP contribution is -1.82. The summed E-state index contributed by atoms with van der Waals surface area (Å²) in [7, 11) is 0. The van der Waals surface area contributed by atoms with E-state index in [1.165, 1.54) is 0 Å². The monoisotopic (exact) mass is 229 g/mol. The molecule has 16 heavy (non-hydrogen) atoms. The second-order valence-corrected chi connectivity index (χ2v) is 3.34. The van der Waals surface area contributed by atoms with Gasteiger partial charge in [-0.25, -0.2) is 4.98 Å². The largest absolute Gasteiger partial charge is 0.248 e. The van der Waals surface area contributed by atoms with E-state index >= 15 is 0 Å². The highest BCUT2D eigenvalue weighted by Gasteiger charge is 1.87.